The van der Waals surface area contributed by atoms with E-state index in [1.807, 2.05) is 0 Å². The van der Waals surface area contributed by atoms with Crippen molar-refractivity contribution < 1.29 is 8.42 Å². The zero-order valence-corrected chi connectivity index (χ0v) is 11.2. The molecule has 0 radical (unpaired) electrons. The van der Waals surface area contributed by atoms with Gasteiger partial charge in [0.1, 0.15) is 0 Å². The number of hydrogen-bond acceptors (Lipinski definition) is 4. The third-order valence-electron chi connectivity index (χ3n) is 2.78. The molecule has 1 unspecified atom stereocenters. The number of aryl methyl sites for hydroxylation is 1. The summed E-state index contributed by atoms with van der Waals surface area (Å²) in [6.07, 6.45) is 2.50. The van der Waals surface area contributed by atoms with Crippen LogP contribution in [-0.4, -0.2) is 37.8 Å². The highest BCUT2D eigenvalue weighted by Crippen LogP contribution is 2.09. The minimum Gasteiger partial charge on any atom is -0.316 e. The molecule has 1 aliphatic rings. The molecule has 0 amide bonds. The van der Waals surface area contributed by atoms with E-state index in [-0.39, 0.29) is 17.4 Å². The SMILES string of the molecule is Cl.Cn1nccc1S(=O)(=O)NCC1CCNC1. The van der Waals surface area contributed by atoms with Crippen molar-refractivity contribution >= 4 is 22.4 Å². The quantitative estimate of drug-likeness (QED) is 0.796. The highest BCUT2D eigenvalue weighted by molar-refractivity contribution is 7.89. The third kappa shape index (κ3) is 3.41. The zero-order chi connectivity index (χ0) is 11.6. The lowest BCUT2D eigenvalue weighted by Crippen LogP contribution is -2.31. The fraction of sp³-hybridized carbons (Fsp3) is 0.667. The first-order valence-electron chi connectivity index (χ1n) is 5.28. The first kappa shape index (κ1) is 14.4. The second-order valence-corrected chi connectivity index (χ2v) is 5.72. The van der Waals surface area contributed by atoms with Crippen LogP contribution in [0.15, 0.2) is 17.3 Å². The topological polar surface area (TPSA) is 76.0 Å². The van der Waals surface area contributed by atoms with E-state index in [0.29, 0.717) is 12.5 Å². The summed E-state index contributed by atoms with van der Waals surface area (Å²) in [5.74, 6) is 0.392. The Morgan fingerprint density at radius 3 is 2.94 bits per heavy atom. The van der Waals surface area contributed by atoms with Gasteiger partial charge in [-0.25, -0.2) is 13.1 Å². The monoisotopic (exact) mass is 280 g/mol. The van der Waals surface area contributed by atoms with Gasteiger partial charge >= 0.3 is 0 Å². The highest BCUT2D eigenvalue weighted by Gasteiger charge is 2.21. The Bertz CT molecular complexity index is 453. The molecule has 17 heavy (non-hydrogen) atoms. The average molecular weight is 281 g/mol. The molecule has 1 aromatic heterocycles. The minimum atomic E-state index is -3.41. The van der Waals surface area contributed by atoms with Crippen LogP contribution in [0.4, 0.5) is 0 Å². The van der Waals surface area contributed by atoms with Gasteiger partial charge < -0.3 is 5.32 Å². The molecule has 2 rings (SSSR count). The minimum absolute atomic E-state index is 0. The first-order chi connectivity index (χ1) is 7.59. The normalized spacial score (nSPS) is 20.2. The van der Waals surface area contributed by atoms with E-state index in [1.54, 1.807) is 7.05 Å². The van der Waals surface area contributed by atoms with Gasteiger partial charge in [-0.05, 0) is 31.5 Å². The van der Waals surface area contributed by atoms with Crippen molar-refractivity contribution in [3.8, 4) is 0 Å². The van der Waals surface area contributed by atoms with Crippen molar-refractivity contribution in [2.45, 2.75) is 11.4 Å². The summed E-state index contributed by atoms with van der Waals surface area (Å²) in [7, 11) is -1.80. The van der Waals surface area contributed by atoms with Gasteiger partial charge in [-0.3, -0.25) is 4.68 Å². The Balaban J connectivity index is 0.00000144. The number of rotatable bonds is 4. The number of nitrogens with zero attached hydrogens (tertiary/aromatic N) is 2. The van der Waals surface area contributed by atoms with Crippen molar-refractivity contribution in [1.29, 1.82) is 0 Å². The summed E-state index contributed by atoms with van der Waals surface area (Å²) < 4.78 is 27.7. The van der Waals surface area contributed by atoms with Crippen LogP contribution in [0.25, 0.3) is 0 Å². The summed E-state index contributed by atoms with van der Waals surface area (Å²) >= 11 is 0. The largest absolute Gasteiger partial charge is 0.316 e. The van der Waals surface area contributed by atoms with Gasteiger partial charge in [0.2, 0.25) is 0 Å². The number of aromatic nitrogens is 2. The molecule has 8 heteroatoms. The average Bonchev–Trinajstić information content (AvgIpc) is 2.85. The summed E-state index contributed by atoms with van der Waals surface area (Å²) in [5.41, 5.74) is 0. The number of halogens is 1. The molecule has 6 nitrogen and oxygen atoms in total. The van der Waals surface area contributed by atoms with E-state index in [4.69, 9.17) is 0 Å². The molecule has 1 aliphatic heterocycles. The van der Waals surface area contributed by atoms with Gasteiger partial charge in [0.05, 0.1) is 6.20 Å². The molecule has 2 N–H and O–H groups in total. The highest BCUT2D eigenvalue weighted by atomic mass is 35.5. The van der Waals surface area contributed by atoms with E-state index in [1.165, 1.54) is 16.9 Å². The van der Waals surface area contributed by atoms with E-state index in [0.717, 1.165) is 19.5 Å². The van der Waals surface area contributed by atoms with Crippen LogP contribution in [0.3, 0.4) is 0 Å². The Labute approximate surface area is 107 Å². The second-order valence-electron chi connectivity index (χ2n) is 4.00. The van der Waals surface area contributed by atoms with E-state index in [2.05, 4.69) is 15.1 Å². The van der Waals surface area contributed by atoms with Crippen molar-refractivity contribution in [2.24, 2.45) is 13.0 Å². The number of nitrogens with one attached hydrogen (secondary N) is 2. The number of hydrogen-bond donors (Lipinski definition) is 2. The summed E-state index contributed by atoms with van der Waals surface area (Å²) in [6, 6.07) is 1.50. The summed E-state index contributed by atoms with van der Waals surface area (Å²) in [5, 5.41) is 7.26. The van der Waals surface area contributed by atoms with Gasteiger partial charge in [0, 0.05) is 13.6 Å². The smallest absolute Gasteiger partial charge is 0.257 e. The molecule has 0 aromatic carbocycles. The fourth-order valence-electron chi connectivity index (χ4n) is 1.82. The molecule has 0 saturated carbocycles. The van der Waals surface area contributed by atoms with Crippen molar-refractivity contribution in [3.63, 3.8) is 0 Å². The molecular weight excluding hydrogens is 264 g/mol. The molecule has 1 aromatic rings. The van der Waals surface area contributed by atoms with Gasteiger partial charge in [-0.1, -0.05) is 0 Å². The molecule has 2 heterocycles. The molecule has 0 spiro atoms. The van der Waals surface area contributed by atoms with E-state index >= 15 is 0 Å². The molecule has 0 aliphatic carbocycles. The van der Waals surface area contributed by atoms with Crippen LogP contribution in [0, 0.1) is 5.92 Å². The van der Waals surface area contributed by atoms with Crippen molar-refractivity contribution in [2.75, 3.05) is 19.6 Å². The third-order valence-corrected chi connectivity index (χ3v) is 4.27. The first-order valence-corrected chi connectivity index (χ1v) is 6.76. The second kappa shape index (κ2) is 5.81. The maximum Gasteiger partial charge on any atom is 0.257 e. The Morgan fingerprint density at radius 1 is 1.65 bits per heavy atom. The lowest BCUT2D eigenvalue weighted by atomic mass is 10.1. The van der Waals surface area contributed by atoms with E-state index < -0.39 is 10.0 Å². The van der Waals surface area contributed by atoms with Gasteiger partial charge in [0.15, 0.2) is 5.03 Å². The predicted octanol–water partition coefficient (Wildman–Crippen LogP) is -0.270. The molecule has 98 valence electrons. The molecule has 1 fully saturated rings. The van der Waals surface area contributed by atoms with Gasteiger partial charge in [0.25, 0.3) is 10.0 Å². The Morgan fingerprint density at radius 2 is 2.41 bits per heavy atom. The Hall–Kier alpha value is -0.630. The van der Waals surface area contributed by atoms with Gasteiger partial charge in [-0.15, -0.1) is 12.4 Å². The maximum atomic E-state index is 11.9. The number of sulfonamides is 1. The summed E-state index contributed by atoms with van der Waals surface area (Å²) in [6.45, 7) is 2.34. The zero-order valence-electron chi connectivity index (χ0n) is 9.59. The lowest BCUT2D eigenvalue weighted by Gasteiger charge is -2.10. The molecule has 1 atom stereocenters. The fourth-order valence-corrected chi connectivity index (χ4v) is 3.05. The van der Waals surface area contributed by atoms with Crippen LogP contribution in [0.5, 0.6) is 0 Å². The standard InChI is InChI=1S/C9H16N4O2S.ClH/c1-13-9(3-5-11-13)16(14,15)12-7-8-2-4-10-6-8;/h3,5,8,10,12H,2,4,6-7H2,1H3;1H. The van der Waals surface area contributed by atoms with Crippen molar-refractivity contribution in [3.05, 3.63) is 12.3 Å². The van der Waals surface area contributed by atoms with Crippen LogP contribution in [0.1, 0.15) is 6.42 Å². The molecule has 0 bridgehead atoms. The predicted molar refractivity (Wildman–Crippen MR) is 66.6 cm³/mol. The van der Waals surface area contributed by atoms with Gasteiger partial charge in [-0.2, -0.15) is 5.10 Å². The maximum absolute atomic E-state index is 11.9. The van der Waals surface area contributed by atoms with Crippen LogP contribution in [0.2, 0.25) is 0 Å². The Kier molecular flexibility index (Phi) is 4.93. The summed E-state index contributed by atoms with van der Waals surface area (Å²) in [4.78, 5) is 0. The van der Waals surface area contributed by atoms with Crippen LogP contribution < -0.4 is 10.0 Å². The van der Waals surface area contributed by atoms with Crippen molar-refractivity contribution in [1.82, 2.24) is 19.8 Å². The van der Waals surface area contributed by atoms with E-state index in [9.17, 15) is 8.42 Å². The van der Waals surface area contributed by atoms with Crippen LogP contribution in [-0.2, 0) is 17.1 Å². The molecular formula is C9H17ClN4O2S. The molecule has 1 saturated heterocycles. The van der Waals surface area contributed by atoms with Crippen LogP contribution >= 0.6 is 12.4 Å². The lowest BCUT2D eigenvalue weighted by molar-refractivity contribution is 0.529.